The average molecular weight is 392 g/mol. The molecule has 1 atom stereocenters. The van der Waals surface area contributed by atoms with Crippen LogP contribution in [0, 0.1) is 6.92 Å². The van der Waals surface area contributed by atoms with Gasteiger partial charge in [0.2, 0.25) is 5.88 Å². The maximum absolute atomic E-state index is 5.81. The summed E-state index contributed by atoms with van der Waals surface area (Å²) in [5.41, 5.74) is 4.46. The van der Waals surface area contributed by atoms with Gasteiger partial charge in [-0.1, -0.05) is 6.92 Å². The average Bonchev–Trinajstić information content (AvgIpc) is 2.63. The molecule has 0 aliphatic heterocycles. The van der Waals surface area contributed by atoms with Crippen molar-refractivity contribution in [2.75, 3.05) is 12.4 Å². The van der Waals surface area contributed by atoms with E-state index in [2.05, 4.69) is 29.1 Å². The van der Waals surface area contributed by atoms with Crippen molar-refractivity contribution in [3.63, 3.8) is 0 Å². The number of fused-ring (bicyclic) bond motifs is 1. The highest BCUT2D eigenvalue weighted by atomic mass is 35.5. The van der Waals surface area contributed by atoms with E-state index in [1.54, 1.807) is 7.11 Å². The van der Waals surface area contributed by atoms with Crippen molar-refractivity contribution in [3.05, 3.63) is 48.2 Å². The van der Waals surface area contributed by atoms with Crippen LogP contribution >= 0.6 is 12.4 Å². The van der Waals surface area contributed by atoms with Crippen molar-refractivity contribution in [1.29, 1.82) is 0 Å². The van der Waals surface area contributed by atoms with Gasteiger partial charge in [-0.05, 0) is 56.7 Å². The quantitative estimate of drug-likeness (QED) is 0.669. The largest absolute Gasteiger partial charge is 0.491 e. The van der Waals surface area contributed by atoms with Crippen LogP contribution < -0.4 is 14.8 Å². The van der Waals surface area contributed by atoms with Gasteiger partial charge in [0, 0.05) is 11.8 Å². The first-order valence-electron chi connectivity index (χ1n) is 8.45. The van der Waals surface area contributed by atoms with Crippen LogP contribution in [0.2, 0.25) is 0 Å². The number of methoxy groups -OCH3 is 1. The van der Waals surface area contributed by atoms with E-state index < -0.39 is 0 Å². The Morgan fingerprint density at radius 3 is 2.37 bits per heavy atom. The van der Waals surface area contributed by atoms with E-state index in [4.69, 9.17) is 9.47 Å². The fourth-order valence-electron chi connectivity index (χ4n) is 2.46. The lowest BCUT2D eigenvalue weighted by molar-refractivity contribution is 0.217. The Hall–Kier alpha value is -2.57. The molecule has 6 nitrogen and oxygen atoms in total. The minimum atomic E-state index is 0. The summed E-state index contributed by atoms with van der Waals surface area (Å²) in [6.07, 6.45) is 1.20. The van der Waals surface area contributed by atoms with E-state index in [1.807, 2.05) is 49.4 Å². The van der Waals surface area contributed by atoms with Gasteiger partial charge >= 0.3 is 0 Å². The van der Waals surface area contributed by atoms with Crippen LogP contribution in [-0.2, 0) is 0 Å². The third-order valence-corrected chi connectivity index (χ3v) is 4.09. The maximum Gasteiger partial charge on any atom is 0.213 e. The van der Waals surface area contributed by atoms with Gasteiger partial charge in [0.1, 0.15) is 5.75 Å². The second kappa shape index (κ2) is 9.94. The summed E-state index contributed by atoms with van der Waals surface area (Å²) in [5.74, 6) is 1.45. The number of ether oxygens (including phenoxy) is 2. The number of aromatic nitrogens is 2. The lowest BCUT2D eigenvalue weighted by Gasteiger charge is -2.14. The fourth-order valence-corrected chi connectivity index (χ4v) is 2.46. The van der Waals surface area contributed by atoms with Gasteiger partial charge in [0.25, 0.3) is 0 Å². The van der Waals surface area contributed by atoms with Crippen molar-refractivity contribution >= 4 is 34.8 Å². The van der Waals surface area contributed by atoms with Gasteiger partial charge in [-0.2, -0.15) is 0 Å². The molecule has 3 N–H and O–H groups in total. The topological polar surface area (TPSA) is 87.8 Å². The molecular formula is C20H26ClN3O3. The highest BCUT2D eigenvalue weighted by Gasteiger charge is 2.07. The molecule has 2 aromatic heterocycles. The maximum atomic E-state index is 5.81. The van der Waals surface area contributed by atoms with E-state index >= 15 is 0 Å². The summed E-state index contributed by atoms with van der Waals surface area (Å²) in [7, 11) is 1.61. The first kappa shape index (κ1) is 22.5. The Morgan fingerprint density at radius 1 is 1.04 bits per heavy atom. The molecule has 3 aromatic rings. The number of hydrogen-bond acceptors (Lipinski definition) is 5. The molecule has 146 valence electrons. The van der Waals surface area contributed by atoms with Crippen molar-refractivity contribution < 1.29 is 14.9 Å². The van der Waals surface area contributed by atoms with Crippen LogP contribution in [0.5, 0.6) is 11.6 Å². The minimum absolute atomic E-state index is 0. The lowest BCUT2D eigenvalue weighted by Crippen LogP contribution is -2.09. The van der Waals surface area contributed by atoms with Gasteiger partial charge < -0.3 is 20.3 Å². The minimum Gasteiger partial charge on any atom is -0.491 e. The molecule has 0 amide bonds. The smallest absolute Gasteiger partial charge is 0.213 e. The summed E-state index contributed by atoms with van der Waals surface area (Å²) in [6.45, 7) is 6.16. The molecule has 7 heteroatoms. The molecule has 1 unspecified atom stereocenters. The summed E-state index contributed by atoms with van der Waals surface area (Å²) in [4.78, 5) is 9.06. The van der Waals surface area contributed by atoms with Gasteiger partial charge in [-0.25, -0.2) is 9.97 Å². The molecule has 0 aliphatic carbocycles. The zero-order valence-corrected chi connectivity index (χ0v) is 16.8. The summed E-state index contributed by atoms with van der Waals surface area (Å²) in [5, 5.41) is 3.40. The van der Waals surface area contributed by atoms with Gasteiger partial charge in [-0.3, -0.25) is 0 Å². The molecule has 0 spiro atoms. The van der Waals surface area contributed by atoms with Crippen molar-refractivity contribution in [3.8, 4) is 11.6 Å². The Kier molecular flexibility index (Phi) is 8.28. The van der Waals surface area contributed by atoms with E-state index in [0.29, 0.717) is 5.88 Å². The van der Waals surface area contributed by atoms with Gasteiger partial charge in [0.05, 0.1) is 35.6 Å². The molecule has 1 aromatic carbocycles. The van der Waals surface area contributed by atoms with Gasteiger partial charge in [0.15, 0.2) is 0 Å². The van der Waals surface area contributed by atoms with Crippen molar-refractivity contribution in [1.82, 2.24) is 9.97 Å². The van der Waals surface area contributed by atoms with Crippen LogP contribution in [0.25, 0.3) is 11.0 Å². The zero-order valence-electron chi connectivity index (χ0n) is 15.9. The van der Waals surface area contributed by atoms with Crippen LogP contribution in [0.15, 0.2) is 42.5 Å². The predicted molar refractivity (Wildman–Crippen MR) is 112 cm³/mol. The SMILES string of the molecule is CCC(C)Oc1ccc(Nc2cc3nc(OC)ccc3nc2C)cc1.Cl.O. The highest BCUT2D eigenvalue weighted by Crippen LogP contribution is 2.26. The monoisotopic (exact) mass is 391 g/mol. The molecule has 2 heterocycles. The highest BCUT2D eigenvalue weighted by molar-refractivity contribution is 5.85. The number of benzene rings is 1. The number of anilines is 2. The van der Waals surface area contributed by atoms with Crippen LogP contribution in [0.3, 0.4) is 0 Å². The molecule has 0 saturated heterocycles. The summed E-state index contributed by atoms with van der Waals surface area (Å²) >= 11 is 0. The molecule has 0 aliphatic rings. The Morgan fingerprint density at radius 2 is 1.74 bits per heavy atom. The van der Waals surface area contributed by atoms with Crippen molar-refractivity contribution in [2.45, 2.75) is 33.3 Å². The van der Waals surface area contributed by atoms with Crippen LogP contribution in [0.1, 0.15) is 26.0 Å². The molecule has 0 radical (unpaired) electrons. The van der Waals surface area contributed by atoms with Crippen LogP contribution in [-0.4, -0.2) is 28.7 Å². The Bertz CT molecular complexity index is 872. The van der Waals surface area contributed by atoms with E-state index in [-0.39, 0.29) is 24.0 Å². The number of nitrogens with zero attached hydrogens (tertiary/aromatic N) is 2. The molecular weight excluding hydrogens is 366 g/mol. The fraction of sp³-hybridized carbons (Fsp3) is 0.300. The Balaban J connectivity index is 0.00000182. The molecule has 3 rings (SSSR count). The third-order valence-electron chi connectivity index (χ3n) is 4.09. The van der Waals surface area contributed by atoms with E-state index in [1.165, 1.54) is 0 Å². The number of aryl methyl sites for hydroxylation is 1. The number of pyridine rings is 2. The number of hydrogen-bond donors (Lipinski definition) is 1. The molecule has 0 fully saturated rings. The standard InChI is InChI=1S/C20H23N3O2.ClH.H2O/c1-5-13(2)25-16-8-6-15(7-9-16)22-18-12-19-17(21-14(18)3)10-11-20(23-19)24-4;;/h6-13,22H,5H2,1-4H3;1H;1H2. The molecule has 27 heavy (non-hydrogen) atoms. The Labute approximate surface area is 165 Å². The van der Waals surface area contributed by atoms with Crippen LogP contribution in [0.4, 0.5) is 11.4 Å². The summed E-state index contributed by atoms with van der Waals surface area (Å²) in [6, 6.07) is 13.7. The molecule has 0 saturated carbocycles. The molecule has 0 bridgehead atoms. The second-order valence-electron chi connectivity index (χ2n) is 6.00. The van der Waals surface area contributed by atoms with E-state index in [0.717, 1.165) is 40.3 Å². The van der Waals surface area contributed by atoms with Crippen molar-refractivity contribution in [2.24, 2.45) is 0 Å². The number of nitrogens with one attached hydrogen (secondary N) is 1. The summed E-state index contributed by atoms with van der Waals surface area (Å²) < 4.78 is 11.0. The zero-order chi connectivity index (χ0) is 17.8. The predicted octanol–water partition coefficient (Wildman–Crippen LogP) is 4.46. The lowest BCUT2D eigenvalue weighted by atomic mass is 10.2. The number of rotatable bonds is 6. The second-order valence-corrected chi connectivity index (χ2v) is 6.00. The first-order chi connectivity index (χ1) is 12.1. The first-order valence-corrected chi connectivity index (χ1v) is 8.45. The van der Waals surface area contributed by atoms with Gasteiger partial charge in [-0.15, -0.1) is 12.4 Å². The number of halogens is 1. The normalized spacial score (nSPS) is 11.1. The third kappa shape index (κ3) is 5.45. The van der Waals surface area contributed by atoms with E-state index in [9.17, 15) is 0 Å².